The Morgan fingerprint density at radius 2 is 2.00 bits per heavy atom. The number of amides is 2. The number of piperidine rings is 1. The van der Waals surface area contributed by atoms with E-state index in [2.05, 4.69) is 10.6 Å². The lowest BCUT2D eigenvalue weighted by molar-refractivity contribution is -0.142. The van der Waals surface area contributed by atoms with Gasteiger partial charge in [0.15, 0.2) is 5.67 Å². The van der Waals surface area contributed by atoms with Crippen molar-refractivity contribution < 1.29 is 23.1 Å². The molecule has 2 amide bonds. The minimum atomic E-state index is -2.24. The summed E-state index contributed by atoms with van der Waals surface area (Å²) in [5, 5.41) is 5.00. The van der Waals surface area contributed by atoms with E-state index in [1.54, 1.807) is 39.0 Å². The molecule has 2 rings (SSSR count). The average molecular weight is 354 g/mol. The molecule has 25 heavy (non-hydrogen) atoms. The summed E-state index contributed by atoms with van der Waals surface area (Å²) in [7, 11) is 0. The van der Waals surface area contributed by atoms with Gasteiger partial charge in [0.1, 0.15) is 11.8 Å². The molecular formula is C18H24F2N2O3. The Hall–Kier alpha value is -2.18. The molecule has 0 spiro atoms. The van der Waals surface area contributed by atoms with Crippen molar-refractivity contribution in [3.63, 3.8) is 0 Å². The van der Waals surface area contributed by atoms with Crippen molar-refractivity contribution in [3.05, 3.63) is 29.8 Å². The third-order valence-corrected chi connectivity index (χ3v) is 4.14. The first-order valence-electron chi connectivity index (χ1n) is 8.10. The second-order valence-electron chi connectivity index (χ2n) is 7.73. The predicted octanol–water partition coefficient (Wildman–Crippen LogP) is 3.84. The molecule has 0 radical (unpaired) electrons. The molecule has 0 aromatic heterocycles. The van der Waals surface area contributed by atoms with Crippen LogP contribution in [0.5, 0.6) is 0 Å². The van der Waals surface area contributed by atoms with Crippen molar-refractivity contribution >= 4 is 17.7 Å². The molecule has 1 aromatic carbocycles. The summed E-state index contributed by atoms with van der Waals surface area (Å²) in [5.74, 6) is -0.852. The average Bonchev–Trinajstić information content (AvgIpc) is 2.43. The summed E-state index contributed by atoms with van der Waals surface area (Å²) in [4.78, 5) is 23.8. The van der Waals surface area contributed by atoms with Crippen LogP contribution >= 0.6 is 0 Å². The Kier molecular flexibility index (Phi) is 4.81. The van der Waals surface area contributed by atoms with Gasteiger partial charge in [0.05, 0.1) is 5.54 Å². The first-order valence-corrected chi connectivity index (χ1v) is 8.10. The van der Waals surface area contributed by atoms with Crippen molar-refractivity contribution in [2.24, 2.45) is 0 Å². The molecule has 7 heteroatoms. The molecule has 138 valence electrons. The van der Waals surface area contributed by atoms with Crippen LogP contribution in [0.1, 0.15) is 46.6 Å². The van der Waals surface area contributed by atoms with Gasteiger partial charge in [0.25, 0.3) is 5.91 Å². The molecule has 0 saturated carbocycles. The van der Waals surface area contributed by atoms with Crippen LogP contribution in [-0.2, 0) is 15.1 Å². The number of halogens is 2. The highest BCUT2D eigenvalue weighted by Crippen LogP contribution is 2.38. The fourth-order valence-corrected chi connectivity index (χ4v) is 2.67. The van der Waals surface area contributed by atoms with Gasteiger partial charge in [-0.1, -0.05) is 12.1 Å². The van der Waals surface area contributed by atoms with Gasteiger partial charge in [-0.15, -0.1) is 0 Å². The monoisotopic (exact) mass is 354 g/mol. The van der Waals surface area contributed by atoms with Crippen molar-refractivity contribution in [2.75, 3.05) is 5.32 Å². The summed E-state index contributed by atoms with van der Waals surface area (Å²) >= 11 is 0. The van der Waals surface area contributed by atoms with Crippen LogP contribution in [0.3, 0.4) is 0 Å². The molecule has 1 saturated heterocycles. The Labute approximate surface area is 146 Å². The fraction of sp³-hybridized carbons (Fsp3) is 0.556. The highest BCUT2D eigenvalue weighted by molar-refractivity contribution is 5.87. The van der Waals surface area contributed by atoms with E-state index in [0.29, 0.717) is 11.3 Å². The van der Waals surface area contributed by atoms with E-state index in [-0.39, 0.29) is 0 Å². The van der Waals surface area contributed by atoms with Gasteiger partial charge < -0.3 is 10.1 Å². The Morgan fingerprint density at radius 3 is 2.60 bits per heavy atom. The highest BCUT2D eigenvalue weighted by Gasteiger charge is 2.51. The highest BCUT2D eigenvalue weighted by atomic mass is 19.2. The molecule has 0 bridgehead atoms. The Bertz CT molecular complexity index is 685. The molecule has 0 unspecified atom stereocenters. The van der Waals surface area contributed by atoms with Crippen LogP contribution < -0.4 is 10.6 Å². The lowest BCUT2D eigenvalue weighted by Gasteiger charge is -2.42. The topological polar surface area (TPSA) is 67.4 Å². The van der Waals surface area contributed by atoms with Crippen LogP contribution in [0.25, 0.3) is 0 Å². The van der Waals surface area contributed by atoms with E-state index in [1.807, 2.05) is 0 Å². The molecule has 1 fully saturated rings. The number of hydrogen-bond acceptors (Lipinski definition) is 3. The van der Waals surface area contributed by atoms with E-state index in [9.17, 15) is 18.4 Å². The van der Waals surface area contributed by atoms with Gasteiger partial charge in [0.2, 0.25) is 0 Å². The quantitative estimate of drug-likeness (QED) is 0.848. The summed E-state index contributed by atoms with van der Waals surface area (Å²) in [6, 6.07) is 6.40. The van der Waals surface area contributed by atoms with Gasteiger partial charge in [-0.05, 0) is 52.3 Å². The van der Waals surface area contributed by atoms with Gasteiger partial charge in [-0.3, -0.25) is 10.1 Å². The third kappa shape index (κ3) is 4.27. The molecule has 0 aliphatic carbocycles. The maximum Gasteiger partial charge on any atom is 0.412 e. The number of hydrogen-bond donors (Lipinski definition) is 2. The van der Waals surface area contributed by atoms with E-state index < -0.39 is 41.4 Å². The number of anilines is 1. The lowest BCUT2D eigenvalue weighted by Crippen LogP contribution is -2.62. The summed E-state index contributed by atoms with van der Waals surface area (Å²) in [6.07, 6.45) is -2.79. The smallest absolute Gasteiger partial charge is 0.412 e. The first kappa shape index (κ1) is 19.1. The van der Waals surface area contributed by atoms with Crippen LogP contribution in [0.4, 0.5) is 19.3 Å². The molecule has 5 nitrogen and oxygen atoms in total. The number of alkyl halides is 2. The first-order chi connectivity index (χ1) is 11.3. The molecule has 1 heterocycles. The van der Waals surface area contributed by atoms with Crippen molar-refractivity contribution in [1.29, 1.82) is 0 Å². The Morgan fingerprint density at radius 1 is 1.36 bits per heavy atom. The minimum absolute atomic E-state index is 0.392. The second kappa shape index (κ2) is 6.28. The minimum Gasteiger partial charge on any atom is -0.444 e. The maximum atomic E-state index is 14.6. The van der Waals surface area contributed by atoms with Crippen molar-refractivity contribution in [1.82, 2.24) is 5.32 Å². The van der Waals surface area contributed by atoms with E-state index in [4.69, 9.17) is 4.74 Å². The number of ether oxygens (including phenoxy) is 1. The van der Waals surface area contributed by atoms with Gasteiger partial charge in [-0.2, -0.15) is 0 Å². The van der Waals surface area contributed by atoms with Gasteiger partial charge in [0, 0.05) is 12.1 Å². The Balaban J connectivity index is 2.23. The van der Waals surface area contributed by atoms with Gasteiger partial charge in [-0.25, -0.2) is 13.6 Å². The third-order valence-electron chi connectivity index (χ3n) is 4.14. The largest absolute Gasteiger partial charge is 0.444 e. The summed E-state index contributed by atoms with van der Waals surface area (Å²) < 4.78 is 33.9. The molecule has 1 aliphatic heterocycles. The zero-order valence-corrected chi connectivity index (χ0v) is 15.1. The molecule has 2 N–H and O–H groups in total. The fourth-order valence-electron chi connectivity index (χ4n) is 2.67. The zero-order valence-electron chi connectivity index (χ0n) is 15.1. The van der Waals surface area contributed by atoms with Gasteiger partial charge >= 0.3 is 6.09 Å². The van der Waals surface area contributed by atoms with Crippen molar-refractivity contribution in [2.45, 2.75) is 64.0 Å². The van der Waals surface area contributed by atoms with E-state index in [1.165, 1.54) is 13.0 Å². The van der Waals surface area contributed by atoms with Crippen LogP contribution in [0.2, 0.25) is 0 Å². The number of benzene rings is 1. The normalized spacial score (nSPS) is 29.7. The number of nitrogens with one attached hydrogen (secondary N) is 2. The summed E-state index contributed by atoms with van der Waals surface area (Å²) in [6.45, 7) is 7.78. The maximum absolute atomic E-state index is 14.6. The molecule has 3 atom stereocenters. The second-order valence-corrected chi connectivity index (χ2v) is 7.73. The summed E-state index contributed by atoms with van der Waals surface area (Å²) in [5.41, 5.74) is -3.46. The number of carbonyl (C=O) groups excluding carboxylic acids is 2. The number of rotatable bonds is 2. The van der Waals surface area contributed by atoms with E-state index in [0.717, 1.165) is 6.92 Å². The standard InChI is InChI=1S/C18H24F2N2O3/c1-16(2,3)25-15(24)21-12-8-6-7-11(9-12)18(5)13(19)10-17(4,20)14(23)22-18/h6-9,13H,10H2,1-5H3,(H,21,24)(H,22,23)/t13-,17+,18+/m0/s1. The van der Waals surface area contributed by atoms with Crippen LogP contribution in [0.15, 0.2) is 24.3 Å². The van der Waals surface area contributed by atoms with Crippen LogP contribution in [0, 0.1) is 0 Å². The predicted molar refractivity (Wildman–Crippen MR) is 90.8 cm³/mol. The molecular weight excluding hydrogens is 330 g/mol. The molecule has 1 aliphatic rings. The number of carbonyl (C=O) groups is 2. The van der Waals surface area contributed by atoms with Crippen molar-refractivity contribution in [3.8, 4) is 0 Å². The van der Waals surface area contributed by atoms with E-state index >= 15 is 0 Å². The zero-order chi connectivity index (χ0) is 19.0. The SMILES string of the molecule is CC(C)(C)OC(=O)Nc1cccc([C@@]2(C)NC(=O)[C@](C)(F)C[C@@H]2F)c1. The lowest BCUT2D eigenvalue weighted by atomic mass is 9.78. The molecule has 1 aromatic rings. The van der Waals surface area contributed by atoms with Crippen LogP contribution in [-0.4, -0.2) is 29.4 Å².